The van der Waals surface area contributed by atoms with Crippen LogP contribution in [-0.4, -0.2) is 58.6 Å². The van der Waals surface area contributed by atoms with E-state index < -0.39 is 0 Å². The van der Waals surface area contributed by atoms with Crippen molar-refractivity contribution in [2.75, 3.05) is 38.3 Å². The maximum Gasteiger partial charge on any atom is 0.167 e. The standard InChI is InChI=1S/C30H34N4O3/c1-19-6-9-24(21(3)16-19)28-31-29(25-10-7-20(2)17-22(25)4)33-30(32-28)26-11-8-23(18-27(26)36)34(5)12-14-37-15-13-35/h6-11,16-18,35-36H,12-15H2,1-5H3. The molecule has 1 aromatic heterocycles. The van der Waals surface area contributed by atoms with Gasteiger partial charge in [-0.25, -0.2) is 15.0 Å². The second-order valence-electron chi connectivity index (χ2n) is 9.40. The van der Waals surface area contributed by atoms with Gasteiger partial charge >= 0.3 is 0 Å². The quantitative estimate of drug-likeness (QED) is 0.304. The van der Waals surface area contributed by atoms with E-state index in [0.717, 1.165) is 27.9 Å². The number of rotatable bonds is 9. The first kappa shape index (κ1) is 26.3. The van der Waals surface area contributed by atoms with Crippen molar-refractivity contribution in [1.29, 1.82) is 0 Å². The van der Waals surface area contributed by atoms with Crippen molar-refractivity contribution in [2.24, 2.45) is 0 Å². The summed E-state index contributed by atoms with van der Waals surface area (Å²) in [6.45, 7) is 9.63. The number of ether oxygens (including phenoxy) is 1. The summed E-state index contributed by atoms with van der Waals surface area (Å²) in [6, 6.07) is 17.9. The molecule has 7 nitrogen and oxygen atoms in total. The molecule has 0 spiro atoms. The topological polar surface area (TPSA) is 91.6 Å². The maximum absolute atomic E-state index is 11.0. The van der Waals surface area contributed by atoms with E-state index in [1.165, 1.54) is 11.1 Å². The minimum Gasteiger partial charge on any atom is -0.507 e. The highest BCUT2D eigenvalue weighted by Crippen LogP contribution is 2.34. The van der Waals surface area contributed by atoms with Crippen LogP contribution in [0, 0.1) is 27.7 Å². The Morgan fingerprint density at radius 2 is 1.22 bits per heavy atom. The Morgan fingerprint density at radius 3 is 1.70 bits per heavy atom. The first-order valence-electron chi connectivity index (χ1n) is 12.4. The number of anilines is 1. The number of aliphatic hydroxyl groups is 1. The Hall–Kier alpha value is -3.81. The van der Waals surface area contributed by atoms with E-state index in [0.29, 0.717) is 42.8 Å². The second kappa shape index (κ2) is 11.5. The van der Waals surface area contributed by atoms with Crippen molar-refractivity contribution in [3.63, 3.8) is 0 Å². The van der Waals surface area contributed by atoms with Crippen LogP contribution >= 0.6 is 0 Å². The van der Waals surface area contributed by atoms with Gasteiger partial charge in [-0.1, -0.05) is 47.5 Å². The lowest BCUT2D eigenvalue weighted by atomic mass is 10.0. The van der Waals surface area contributed by atoms with Crippen LogP contribution in [0.4, 0.5) is 5.69 Å². The summed E-state index contributed by atoms with van der Waals surface area (Å²) in [7, 11) is 1.93. The predicted octanol–water partition coefficient (Wildman–Crippen LogP) is 5.26. The van der Waals surface area contributed by atoms with Gasteiger partial charge in [-0.15, -0.1) is 0 Å². The molecule has 0 aliphatic heterocycles. The molecular formula is C30H34N4O3. The Morgan fingerprint density at radius 1 is 0.703 bits per heavy atom. The highest BCUT2D eigenvalue weighted by atomic mass is 16.5. The summed E-state index contributed by atoms with van der Waals surface area (Å²) in [4.78, 5) is 16.4. The van der Waals surface area contributed by atoms with E-state index in [-0.39, 0.29) is 12.4 Å². The van der Waals surface area contributed by atoms with Crippen LogP contribution < -0.4 is 4.90 Å². The Balaban J connectivity index is 1.78. The van der Waals surface area contributed by atoms with E-state index in [4.69, 9.17) is 24.8 Å². The Labute approximate surface area is 218 Å². The summed E-state index contributed by atoms with van der Waals surface area (Å²) in [5, 5.41) is 19.9. The largest absolute Gasteiger partial charge is 0.507 e. The van der Waals surface area contributed by atoms with E-state index >= 15 is 0 Å². The molecule has 0 aliphatic carbocycles. The third-order valence-electron chi connectivity index (χ3n) is 6.35. The lowest BCUT2D eigenvalue weighted by molar-refractivity contribution is 0.0971. The fourth-order valence-corrected chi connectivity index (χ4v) is 4.31. The monoisotopic (exact) mass is 498 g/mol. The highest BCUT2D eigenvalue weighted by Gasteiger charge is 2.17. The fraction of sp³-hybridized carbons (Fsp3) is 0.300. The van der Waals surface area contributed by atoms with Gasteiger partial charge in [0.05, 0.1) is 25.4 Å². The van der Waals surface area contributed by atoms with Crippen LogP contribution in [0.15, 0.2) is 54.6 Å². The van der Waals surface area contributed by atoms with Gasteiger partial charge in [-0.3, -0.25) is 0 Å². The number of hydrogen-bond donors (Lipinski definition) is 2. The predicted molar refractivity (Wildman–Crippen MR) is 148 cm³/mol. The van der Waals surface area contributed by atoms with Gasteiger partial charge in [0, 0.05) is 36.5 Å². The summed E-state index contributed by atoms with van der Waals surface area (Å²) in [5.74, 6) is 1.64. The lowest BCUT2D eigenvalue weighted by Gasteiger charge is -2.20. The molecule has 0 atom stereocenters. The van der Waals surface area contributed by atoms with E-state index in [1.54, 1.807) is 6.07 Å². The summed E-state index contributed by atoms with van der Waals surface area (Å²) in [6.07, 6.45) is 0. The van der Waals surface area contributed by atoms with Crippen LogP contribution in [0.2, 0.25) is 0 Å². The zero-order chi connectivity index (χ0) is 26.5. The van der Waals surface area contributed by atoms with E-state index in [9.17, 15) is 5.11 Å². The van der Waals surface area contributed by atoms with Crippen LogP contribution in [-0.2, 0) is 4.74 Å². The SMILES string of the molecule is Cc1ccc(-c2nc(-c3ccc(C)cc3C)nc(-c3ccc(N(C)CCOCCO)cc3O)n2)c(C)c1. The van der Waals surface area contributed by atoms with Crippen molar-refractivity contribution in [3.05, 3.63) is 76.9 Å². The smallest absolute Gasteiger partial charge is 0.167 e. The minimum atomic E-state index is -0.000660. The van der Waals surface area contributed by atoms with Gasteiger partial charge < -0.3 is 19.8 Å². The van der Waals surface area contributed by atoms with Crippen molar-refractivity contribution in [2.45, 2.75) is 27.7 Å². The van der Waals surface area contributed by atoms with E-state index in [1.807, 2.05) is 36.2 Å². The first-order chi connectivity index (χ1) is 17.8. The van der Waals surface area contributed by atoms with Gasteiger partial charge in [0.2, 0.25) is 0 Å². The van der Waals surface area contributed by atoms with Crippen molar-refractivity contribution < 1.29 is 14.9 Å². The Bertz CT molecular complexity index is 1330. The number of aromatic hydroxyl groups is 1. The van der Waals surface area contributed by atoms with Crippen molar-refractivity contribution in [1.82, 2.24) is 15.0 Å². The minimum absolute atomic E-state index is 0.000660. The second-order valence-corrected chi connectivity index (χ2v) is 9.40. The average molecular weight is 499 g/mol. The third kappa shape index (κ3) is 6.13. The molecule has 0 saturated carbocycles. The number of aromatic nitrogens is 3. The van der Waals surface area contributed by atoms with Crippen LogP contribution in [0.25, 0.3) is 34.2 Å². The average Bonchev–Trinajstić information content (AvgIpc) is 2.86. The number of aryl methyl sites for hydroxylation is 4. The molecule has 0 radical (unpaired) electrons. The summed E-state index contributed by atoms with van der Waals surface area (Å²) in [5.41, 5.74) is 7.73. The zero-order valence-electron chi connectivity index (χ0n) is 22.1. The summed E-state index contributed by atoms with van der Waals surface area (Å²) >= 11 is 0. The molecule has 3 aromatic carbocycles. The molecule has 192 valence electrons. The molecule has 0 aliphatic rings. The molecule has 1 heterocycles. The molecule has 0 amide bonds. The maximum atomic E-state index is 11.0. The molecular weight excluding hydrogens is 464 g/mol. The van der Waals surface area contributed by atoms with Gasteiger partial charge in [-0.05, 0) is 51.0 Å². The van der Waals surface area contributed by atoms with Gasteiger partial charge in [-0.2, -0.15) is 0 Å². The van der Waals surface area contributed by atoms with Crippen molar-refractivity contribution in [3.8, 4) is 39.9 Å². The number of nitrogens with zero attached hydrogens (tertiary/aromatic N) is 4. The fourth-order valence-electron chi connectivity index (χ4n) is 4.31. The molecule has 0 saturated heterocycles. The van der Waals surface area contributed by atoms with Crippen LogP contribution in [0.3, 0.4) is 0 Å². The Kier molecular flexibility index (Phi) is 8.16. The summed E-state index contributed by atoms with van der Waals surface area (Å²) < 4.78 is 5.36. The molecule has 4 rings (SSSR count). The van der Waals surface area contributed by atoms with Crippen LogP contribution in [0.1, 0.15) is 22.3 Å². The molecule has 0 fully saturated rings. The van der Waals surface area contributed by atoms with Gasteiger partial charge in [0.1, 0.15) is 5.75 Å². The number of benzene rings is 3. The lowest BCUT2D eigenvalue weighted by Crippen LogP contribution is -2.23. The zero-order valence-corrected chi connectivity index (χ0v) is 22.1. The van der Waals surface area contributed by atoms with Gasteiger partial charge in [0.25, 0.3) is 0 Å². The first-order valence-corrected chi connectivity index (χ1v) is 12.4. The number of aliphatic hydroxyl groups excluding tert-OH is 1. The number of phenols is 1. The van der Waals surface area contributed by atoms with Gasteiger partial charge in [0.15, 0.2) is 17.5 Å². The highest BCUT2D eigenvalue weighted by molar-refractivity contribution is 5.73. The molecule has 7 heteroatoms. The molecule has 4 aromatic rings. The molecule has 0 unspecified atom stereocenters. The number of likely N-dealkylation sites (N-methyl/N-ethyl adjacent to an activating group) is 1. The number of hydrogen-bond acceptors (Lipinski definition) is 7. The molecule has 0 bridgehead atoms. The van der Waals surface area contributed by atoms with Crippen LogP contribution in [0.5, 0.6) is 5.75 Å². The van der Waals surface area contributed by atoms with E-state index in [2.05, 4.69) is 52.0 Å². The van der Waals surface area contributed by atoms with Crippen molar-refractivity contribution >= 4 is 5.69 Å². The molecule has 2 N–H and O–H groups in total. The molecule has 37 heavy (non-hydrogen) atoms. The normalized spacial score (nSPS) is 11.1. The third-order valence-corrected chi connectivity index (χ3v) is 6.35. The number of phenolic OH excluding ortho intramolecular Hbond substituents is 1.